The van der Waals surface area contributed by atoms with Gasteiger partial charge in [-0.15, -0.1) is 10.2 Å². The number of fused-ring (bicyclic) bond motifs is 1. The summed E-state index contributed by atoms with van der Waals surface area (Å²) < 4.78 is 28.5. The minimum Gasteiger partial charge on any atom is -0.342 e. The van der Waals surface area contributed by atoms with E-state index in [9.17, 15) is 13.6 Å². The first-order valence-corrected chi connectivity index (χ1v) is 9.03. The van der Waals surface area contributed by atoms with Crippen molar-refractivity contribution in [1.29, 1.82) is 0 Å². The summed E-state index contributed by atoms with van der Waals surface area (Å²) in [5.41, 5.74) is 0.596. The standard InChI is InChI=1S/C17H16F2N4OS/c1-25-7-5-14(16-22-21-15-4-2-3-6-23(15)16)20-17(24)11-8-12(18)10-13(19)9-11/h2-4,6,8-10,14H,5,7H2,1H3,(H,20,24). The summed E-state index contributed by atoms with van der Waals surface area (Å²) in [5, 5.41) is 11.1. The number of carbonyl (C=O) groups excluding carboxylic acids is 1. The van der Waals surface area contributed by atoms with Gasteiger partial charge in [-0.25, -0.2) is 8.78 Å². The fourth-order valence-electron chi connectivity index (χ4n) is 2.53. The Morgan fingerprint density at radius 3 is 2.72 bits per heavy atom. The second-order valence-electron chi connectivity index (χ2n) is 5.45. The lowest BCUT2D eigenvalue weighted by atomic mass is 10.1. The molecule has 25 heavy (non-hydrogen) atoms. The van der Waals surface area contributed by atoms with Gasteiger partial charge in [-0.2, -0.15) is 11.8 Å². The average Bonchev–Trinajstić information content (AvgIpc) is 3.01. The summed E-state index contributed by atoms with van der Waals surface area (Å²) in [6.45, 7) is 0. The van der Waals surface area contributed by atoms with Gasteiger partial charge >= 0.3 is 0 Å². The minimum atomic E-state index is -0.793. The molecular weight excluding hydrogens is 346 g/mol. The molecule has 1 amide bonds. The molecule has 0 aliphatic rings. The van der Waals surface area contributed by atoms with E-state index in [1.807, 2.05) is 30.7 Å². The largest absolute Gasteiger partial charge is 0.342 e. The van der Waals surface area contributed by atoms with Crippen LogP contribution in [0.1, 0.15) is 28.6 Å². The quantitative estimate of drug-likeness (QED) is 0.731. The zero-order chi connectivity index (χ0) is 17.8. The van der Waals surface area contributed by atoms with Crippen molar-refractivity contribution in [3.05, 3.63) is 65.6 Å². The Morgan fingerprint density at radius 1 is 1.24 bits per heavy atom. The number of benzene rings is 1. The first kappa shape index (κ1) is 17.3. The van der Waals surface area contributed by atoms with Crippen LogP contribution >= 0.6 is 11.8 Å². The molecule has 0 radical (unpaired) electrons. The highest BCUT2D eigenvalue weighted by atomic mass is 32.2. The Balaban J connectivity index is 1.89. The number of pyridine rings is 1. The Bertz CT molecular complexity index is 879. The third kappa shape index (κ3) is 3.96. The monoisotopic (exact) mass is 362 g/mol. The van der Waals surface area contributed by atoms with E-state index in [1.54, 1.807) is 16.2 Å². The molecule has 0 fully saturated rings. The van der Waals surface area contributed by atoms with Crippen LogP contribution in [0, 0.1) is 11.6 Å². The van der Waals surface area contributed by atoms with Gasteiger partial charge in [0, 0.05) is 17.8 Å². The number of nitrogens with zero attached hydrogens (tertiary/aromatic N) is 3. The van der Waals surface area contributed by atoms with Gasteiger partial charge in [0.05, 0.1) is 6.04 Å². The Morgan fingerprint density at radius 2 is 2.00 bits per heavy atom. The molecule has 1 unspecified atom stereocenters. The highest BCUT2D eigenvalue weighted by Crippen LogP contribution is 2.19. The number of hydrogen-bond donors (Lipinski definition) is 1. The predicted octanol–water partition coefficient (Wildman–Crippen LogP) is 3.23. The van der Waals surface area contributed by atoms with E-state index in [-0.39, 0.29) is 5.56 Å². The van der Waals surface area contributed by atoms with Gasteiger partial charge in [-0.1, -0.05) is 6.07 Å². The molecule has 0 aliphatic carbocycles. The lowest BCUT2D eigenvalue weighted by Crippen LogP contribution is -2.30. The van der Waals surface area contributed by atoms with Crippen molar-refractivity contribution in [2.24, 2.45) is 0 Å². The van der Waals surface area contributed by atoms with Gasteiger partial charge in [0.15, 0.2) is 11.5 Å². The van der Waals surface area contributed by atoms with Crippen LogP contribution in [0.5, 0.6) is 0 Å². The van der Waals surface area contributed by atoms with Crippen LogP contribution in [0.2, 0.25) is 0 Å². The van der Waals surface area contributed by atoms with Crippen molar-refractivity contribution in [1.82, 2.24) is 19.9 Å². The minimum absolute atomic E-state index is 0.0690. The molecule has 1 N–H and O–H groups in total. The number of halogens is 2. The van der Waals surface area contributed by atoms with E-state index in [0.29, 0.717) is 17.9 Å². The topological polar surface area (TPSA) is 59.3 Å². The summed E-state index contributed by atoms with van der Waals surface area (Å²) in [7, 11) is 0. The molecule has 0 aliphatic heterocycles. The van der Waals surface area contributed by atoms with Crippen molar-refractivity contribution in [3.63, 3.8) is 0 Å². The van der Waals surface area contributed by atoms with E-state index >= 15 is 0 Å². The Labute approximate surface area is 147 Å². The number of thioether (sulfide) groups is 1. The van der Waals surface area contributed by atoms with Gasteiger partial charge in [-0.05, 0) is 42.7 Å². The fourth-order valence-corrected chi connectivity index (χ4v) is 3.00. The zero-order valence-electron chi connectivity index (χ0n) is 13.4. The summed E-state index contributed by atoms with van der Waals surface area (Å²) >= 11 is 1.63. The second kappa shape index (κ2) is 7.60. The highest BCUT2D eigenvalue weighted by Gasteiger charge is 2.21. The molecular formula is C17H16F2N4OS. The van der Waals surface area contributed by atoms with Gasteiger partial charge in [0.1, 0.15) is 11.6 Å². The van der Waals surface area contributed by atoms with E-state index in [2.05, 4.69) is 15.5 Å². The van der Waals surface area contributed by atoms with Crippen LogP contribution in [0.4, 0.5) is 8.78 Å². The van der Waals surface area contributed by atoms with Crippen LogP contribution in [0.3, 0.4) is 0 Å². The van der Waals surface area contributed by atoms with Crippen LogP contribution < -0.4 is 5.32 Å². The molecule has 0 saturated heterocycles. The summed E-state index contributed by atoms with van der Waals surface area (Å²) in [6.07, 6.45) is 4.38. The first-order chi connectivity index (χ1) is 12.1. The molecule has 130 valence electrons. The first-order valence-electron chi connectivity index (χ1n) is 7.64. The highest BCUT2D eigenvalue weighted by molar-refractivity contribution is 7.98. The maximum Gasteiger partial charge on any atom is 0.252 e. The van der Waals surface area contributed by atoms with E-state index in [0.717, 1.165) is 24.0 Å². The average molecular weight is 362 g/mol. The molecule has 0 saturated carbocycles. The Kier molecular flexibility index (Phi) is 5.28. The number of aromatic nitrogens is 3. The third-order valence-corrected chi connectivity index (χ3v) is 4.34. The van der Waals surface area contributed by atoms with Crippen molar-refractivity contribution in [2.75, 3.05) is 12.0 Å². The summed E-state index contributed by atoms with van der Waals surface area (Å²) in [6, 6.07) is 7.81. The van der Waals surface area contributed by atoms with Gasteiger partial charge in [0.2, 0.25) is 0 Å². The number of rotatable bonds is 6. The molecule has 8 heteroatoms. The molecule has 1 aromatic carbocycles. The molecule has 3 rings (SSSR count). The van der Waals surface area contributed by atoms with Crippen molar-refractivity contribution in [3.8, 4) is 0 Å². The molecule has 0 bridgehead atoms. The van der Waals surface area contributed by atoms with Crippen LogP contribution in [-0.4, -0.2) is 32.5 Å². The lowest BCUT2D eigenvalue weighted by molar-refractivity contribution is 0.0933. The maximum absolute atomic E-state index is 13.4. The summed E-state index contributed by atoms with van der Waals surface area (Å²) in [4.78, 5) is 12.4. The molecule has 1 atom stereocenters. The molecule has 2 heterocycles. The summed E-state index contributed by atoms with van der Waals surface area (Å²) in [5.74, 6) is -0.783. The molecule has 0 spiro atoms. The van der Waals surface area contributed by atoms with Crippen LogP contribution in [0.25, 0.3) is 5.65 Å². The lowest BCUT2D eigenvalue weighted by Gasteiger charge is -2.17. The fraction of sp³-hybridized carbons (Fsp3) is 0.235. The smallest absolute Gasteiger partial charge is 0.252 e. The van der Waals surface area contributed by atoms with Gasteiger partial charge < -0.3 is 5.32 Å². The van der Waals surface area contributed by atoms with Gasteiger partial charge in [0.25, 0.3) is 5.91 Å². The van der Waals surface area contributed by atoms with E-state index < -0.39 is 23.6 Å². The zero-order valence-corrected chi connectivity index (χ0v) is 14.3. The SMILES string of the molecule is CSCCC(NC(=O)c1cc(F)cc(F)c1)c1nnc2ccccn12. The second-order valence-corrected chi connectivity index (χ2v) is 6.44. The number of carbonyl (C=O) groups is 1. The van der Waals surface area contributed by atoms with Crippen molar-refractivity contribution >= 4 is 23.3 Å². The predicted molar refractivity (Wildman–Crippen MR) is 92.6 cm³/mol. The molecule has 5 nitrogen and oxygen atoms in total. The molecule has 3 aromatic rings. The third-order valence-electron chi connectivity index (χ3n) is 3.69. The van der Waals surface area contributed by atoms with Crippen LogP contribution in [0.15, 0.2) is 42.6 Å². The van der Waals surface area contributed by atoms with Crippen molar-refractivity contribution < 1.29 is 13.6 Å². The number of hydrogen-bond acceptors (Lipinski definition) is 4. The number of nitrogens with one attached hydrogen (secondary N) is 1. The van der Waals surface area contributed by atoms with E-state index in [4.69, 9.17) is 0 Å². The van der Waals surface area contributed by atoms with Gasteiger partial charge in [-0.3, -0.25) is 9.20 Å². The van der Waals surface area contributed by atoms with E-state index in [1.165, 1.54) is 0 Å². The molecule has 2 aromatic heterocycles. The Hall–Kier alpha value is -2.48. The number of amides is 1. The van der Waals surface area contributed by atoms with Crippen molar-refractivity contribution in [2.45, 2.75) is 12.5 Å². The normalized spacial score (nSPS) is 12.3. The maximum atomic E-state index is 13.4. The van der Waals surface area contributed by atoms with Crippen LogP contribution in [-0.2, 0) is 0 Å².